The van der Waals surface area contributed by atoms with Crippen LogP contribution in [-0.2, 0) is 34.5 Å². The van der Waals surface area contributed by atoms with E-state index in [1.165, 1.54) is 102 Å². The first-order chi connectivity index (χ1) is 24.7. The second kappa shape index (κ2) is 11.9. The van der Waals surface area contributed by atoms with Crippen LogP contribution in [0.3, 0.4) is 0 Å². The maximum absolute atomic E-state index is 2.65. The van der Waals surface area contributed by atoms with Crippen molar-refractivity contribution in [3.05, 3.63) is 124 Å². The third-order valence-electron chi connectivity index (χ3n) is 12.1. The van der Waals surface area contributed by atoms with Crippen molar-refractivity contribution in [3.63, 3.8) is 0 Å². The minimum Gasteiger partial charge on any atom is -0.311 e. The summed E-state index contributed by atoms with van der Waals surface area (Å²) in [5, 5.41) is 0. The zero-order valence-corrected chi connectivity index (χ0v) is 34.7. The van der Waals surface area contributed by atoms with Gasteiger partial charge in [0.2, 0.25) is 0 Å². The summed E-state index contributed by atoms with van der Waals surface area (Å²) in [6.45, 7) is 30.6. The molecular weight excluding hydrogens is 639 g/mol. The van der Waals surface area contributed by atoms with Gasteiger partial charge < -0.3 is 9.80 Å². The predicted molar refractivity (Wildman–Crippen MR) is 232 cm³/mol. The van der Waals surface area contributed by atoms with Gasteiger partial charge in [0.15, 0.2) is 0 Å². The lowest BCUT2D eigenvalue weighted by Gasteiger charge is -2.45. The van der Waals surface area contributed by atoms with Crippen molar-refractivity contribution in [1.82, 2.24) is 0 Å². The molecule has 0 amide bonds. The Morgan fingerprint density at radius 2 is 0.887 bits per heavy atom. The van der Waals surface area contributed by atoms with E-state index >= 15 is 0 Å². The Labute approximate surface area is 320 Å². The van der Waals surface area contributed by atoms with E-state index in [-0.39, 0.29) is 28.4 Å². The number of hydrogen-bond donors (Lipinski definition) is 0. The topological polar surface area (TPSA) is 6.48 Å². The lowest BCUT2D eigenvalue weighted by molar-refractivity contribution is 0.568. The first kappa shape index (κ1) is 35.8. The fraction of sp³-hybridized carbons (Fsp3) is 0.400. The van der Waals surface area contributed by atoms with Crippen LogP contribution in [0, 0.1) is 6.92 Å². The second-order valence-electron chi connectivity index (χ2n) is 20.4. The summed E-state index contributed by atoms with van der Waals surface area (Å²) in [5.74, 6) is 0. The number of hydrogen-bond acceptors (Lipinski definition) is 2. The van der Waals surface area contributed by atoms with Gasteiger partial charge in [0.1, 0.15) is 0 Å². The molecule has 0 saturated carbocycles. The fourth-order valence-corrected chi connectivity index (χ4v) is 8.92. The van der Waals surface area contributed by atoms with Crippen molar-refractivity contribution < 1.29 is 0 Å². The molecule has 2 heterocycles. The molecule has 5 aromatic carbocycles. The minimum atomic E-state index is 0.0127. The largest absolute Gasteiger partial charge is 0.311 e. The molecule has 53 heavy (non-hydrogen) atoms. The summed E-state index contributed by atoms with van der Waals surface area (Å²) in [6, 6.07) is 34.2. The van der Waals surface area contributed by atoms with E-state index in [0.717, 1.165) is 6.42 Å². The van der Waals surface area contributed by atoms with Crippen LogP contribution in [0.25, 0.3) is 0 Å². The molecule has 2 aliphatic heterocycles. The summed E-state index contributed by atoms with van der Waals surface area (Å²) in [7, 11) is 0. The molecule has 0 bridgehead atoms. The van der Waals surface area contributed by atoms with Crippen LogP contribution < -0.4 is 26.2 Å². The van der Waals surface area contributed by atoms with Gasteiger partial charge in [-0.1, -0.05) is 119 Å². The molecule has 0 aromatic heterocycles. The Morgan fingerprint density at radius 3 is 1.36 bits per heavy atom. The van der Waals surface area contributed by atoms with E-state index in [1.54, 1.807) is 0 Å². The standard InChI is InChI=1S/C50H59BN2/c1-31-21-44-46-45(22-31)53(39-29-36(49(8,9)10)26-37(30-39)50(11,12)13)43-24-33-18-16-17-32(33)23-41(43)51(46)40-19-14-15-20-42(40)52(44)38-27-34(47(2,3)4)25-35(28-38)48(5,6)7/h14-15,19-30H,16-18H2,1-13H3. The zero-order chi connectivity index (χ0) is 38.0. The molecule has 0 spiro atoms. The van der Waals surface area contributed by atoms with E-state index in [9.17, 15) is 0 Å². The van der Waals surface area contributed by atoms with Gasteiger partial charge in [-0.15, -0.1) is 0 Å². The minimum absolute atomic E-state index is 0.0127. The van der Waals surface area contributed by atoms with Crippen molar-refractivity contribution in [3.8, 4) is 0 Å². The van der Waals surface area contributed by atoms with Gasteiger partial charge in [0, 0.05) is 34.1 Å². The van der Waals surface area contributed by atoms with E-state index in [1.807, 2.05) is 0 Å². The molecule has 0 atom stereocenters. The predicted octanol–water partition coefficient (Wildman–Crippen LogP) is 11.8. The quantitative estimate of drug-likeness (QED) is 0.166. The lowest BCUT2D eigenvalue weighted by atomic mass is 9.33. The number of nitrogens with zero attached hydrogens (tertiary/aromatic N) is 2. The normalized spacial score (nSPS) is 15.3. The average molecular weight is 699 g/mol. The maximum Gasteiger partial charge on any atom is 0.252 e. The SMILES string of the molecule is Cc1cc2c3c(c1)N(c1cc(C(C)(C)C)cc(C(C)(C)C)c1)c1cc4c(cc1B3c1ccccc1N2c1cc(C(C)(C)C)cc(C(C)(C)C)c1)CCC4. The molecule has 0 fully saturated rings. The Morgan fingerprint density at radius 1 is 0.453 bits per heavy atom. The van der Waals surface area contributed by atoms with Crippen LogP contribution in [0.2, 0.25) is 0 Å². The van der Waals surface area contributed by atoms with E-state index in [2.05, 4.69) is 185 Å². The fourth-order valence-electron chi connectivity index (χ4n) is 8.92. The Balaban J connectivity index is 1.48. The smallest absolute Gasteiger partial charge is 0.252 e. The Bertz CT molecular complexity index is 2220. The number of aryl methyl sites for hydroxylation is 3. The molecule has 3 aliphatic rings. The van der Waals surface area contributed by atoms with E-state index < -0.39 is 0 Å². The van der Waals surface area contributed by atoms with Crippen LogP contribution in [0.1, 0.15) is 128 Å². The third kappa shape index (κ3) is 6.03. The molecule has 5 aromatic rings. The highest BCUT2D eigenvalue weighted by molar-refractivity contribution is 7.00. The molecule has 272 valence electrons. The molecule has 2 nitrogen and oxygen atoms in total. The van der Waals surface area contributed by atoms with Crippen molar-refractivity contribution in [2.45, 2.75) is 131 Å². The number of rotatable bonds is 2. The lowest BCUT2D eigenvalue weighted by Crippen LogP contribution is -2.61. The van der Waals surface area contributed by atoms with Crippen molar-refractivity contribution in [2.75, 3.05) is 9.80 Å². The summed E-state index contributed by atoms with van der Waals surface area (Å²) in [4.78, 5) is 5.25. The van der Waals surface area contributed by atoms with Crippen molar-refractivity contribution in [2.24, 2.45) is 0 Å². The molecule has 0 N–H and O–H groups in total. The molecule has 0 unspecified atom stereocenters. The number of fused-ring (bicyclic) bond motifs is 5. The van der Waals surface area contributed by atoms with Gasteiger partial charge in [-0.3, -0.25) is 0 Å². The maximum atomic E-state index is 2.65. The van der Waals surface area contributed by atoms with Crippen LogP contribution in [0.5, 0.6) is 0 Å². The first-order valence-electron chi connectivity index (χ1n) is 20.0. The summed E-state index contributed by atoms with van der Waals surface area (Å²) < 4.78 is 0. The van der Waals surface area contributed by atoms with Crippen LogP contribution in [0.4, 0.5) is 34.1 Å². The van der Waals surface area contributed by atoms with Crippen molar-refractivity contribution >= 4 is 57.2 Å². The highest BCUT2D eigenvalue weighted by Gasteiger charge is 2.44. The number of anilines is 6. The summed E-state index contributed by atoms with van der Waals surface area (Å²) >= 11 is 0. The highest BCUT2D eigenvalue weighted by atomic mass is 15.2. The van der Waals surface area contributed by atoms with Gasteiger partial charge in [-0.2, -0.15) is 0 Å². The highest BCUT2D eigenvalue weighted by Crippen LogP contribution is 2.48. The van der Waals surface area contributed by atoms with E-state index in [0.29, 0.717) is 0 Å². The summed E-state index contributed by atoms with van der Waals surface area (Å²) in [6.07, 6.45) is 3.56. The third-order valence-corrected chi connectivity index (χ3v) is 12.1. The van der Waals surface area contributed by atoms with Gasteiger partial charge in [-0.25, -0.2) is 0 Å². The number of benzene rings is 5. The van der Waals surface area contributed by atoms with Crippen molar-refractivity contribution in [1.29, 1.82) is 0 Å². The average Bonchev–Trinajstić information content (AvgIpc) is 3.52. The van der Waals surface area contributed by atoms with Gasteiger partial charge in [0.25, 0.3) is 6.71 Å². The molecular formula is C50H59BN2. The van der Waals surface area contributed by atoms with Gasteiger partial charge in [0.05, 0.1) is 0 Å². The first-order valence-corrected chi connectivity index (χ1v) is 20.0. The van der Waals surface area contributed by atoms with Gasteiger partial charge >= 0.3 is 0 Å². The Hall–Kier alpha value is -4.24. The summed E-state index contributed by atoms with van der Waals surface area (Å²) in [5.41, 5.74) is 21.9. The van der Waals surface area contributed by atoms with Crippen LogP contribution in [-0.4, -0.2) is 6.71 Å². The second-order valence-corrected chi connectivity index (χ2v) is 20.4. The van der Waals surface area contributed by atoms with Crippen LogP contribution in [0.15, 0.2) is 84.9 Å². The Kier molecular flexibility index (Phi) is 8.02. The molecule has 1 aliphatic carbocycles. The van der Waals surface area contributed by atoms with Crippen LogP contribution >= 0.6 is 0 Å². The molecule has 8 rings (SSSR count). The molecule has 0 saturated heterocycles. The number of para-hydroxylation sites is 1. The molecule has 3 heteroatoms. The van der Waals surface area contributed by atoms with E-state index in [4.69, 9.17) is 0 Å². The van der Waals surface area contributed by atoms with Gasteiger partial charge in [-0.05, 0) is 152 Å². The zero-order valence-electron chi connectivity index (χ0n) is 34.7. The molecule has 0 radical (unpaired) electrons. The monoisotopic (exact) mass is 698 g/mol.